The van der Waals surface area contributed by atoms with Crippen LogP contribution in [0.15, 0.2) is 0 Å². The van der Waals surface area contributed by atoms with E-state index in [0.29, 0.717) is 13.0 Å². The lowest BCUT2D eigenvalue weighted by atomic mass is 10.0. The molecular weight excluding hydrogens is 563 g/mol. The van der Waals surface area contributed by atoms with E-state index >= 15 is 0 Å². The molecule has 8 heteroatoms. The van der Waals surface area contributed by atoms with E-state index in [1.54, 1.807) is 0 Å². The number of ether oxygens (including phenoxy) is 2. The van der Waals surface area contributed by atoms with Crippen LogP contribution >= 0.6 is 7.82 Å². The number of carbonyl (C=O) groups excluding carboxylic acids is 1. The first-order valence-electron chi connectivity index (χ1n) is 18.4. The topological polar surface area (TPSA) is 102 Å². The molecule has 0 aliphatic heterocycles. The Balaban J connectivity index is 3.65. The van der Waals surface area contributed by atoms with Gasteiger partial charge in [0.2, 0.25) is 0 Å². The van der Waals surface area contributed by atoms with E-state index in [9.17, 15) is 9.36 Å². The number of esters is 1. The number of rotatable bonds is 35. The summed E-state index contributed by atoms with van der Waals surface area (Å²) >= 11 is 0. The summed E-state index contributed by atoms with van der Waals surface area (Å²) in [6.07, 6.45) is 34.1. The van der Waals surface area contributed by atoms with Crippen LogP contribution in [0.3, 0.4) is 0 Å². The molecule has 2 N–H and O–H groups in total. The molecular formula is C35H71O7P. The fourth-order valence-electron chi connectivity index (χ4n) is 5.44. The smallest absolute Gasteiger partial charge is 0.457 e. The van der Waals surface area contributed by atoms with Gasteiger partial charge in [0.25, 0.3) is 0 Å². The molecule has 43 heavy (non-hydrogen) atoms. The molecule has 0 saturated carbocycles. The lowest BCUT2D eigenvalue weighted by Crippen LogP contribution is -2.28. The normalized spacial score (nSPS) is 12.6. The molecule has 0 rings (SSSR count). The van der Waals surface area contributed by atoms with Crippen LogP contribution in [0, 0.1) is 0 Å². The van der Waals surface area contributed by atoms with Crippen molar-refractivity contribution in [2.45, 2.75) is 200 Å². The van der Waals surface area contributed by atoms with E-state index in [0.717, 1.165) is 32.1 Å². The lowest BCUT2D eigenvalue weighted by Gasteiger charge is -2.18. The third kappa shape index (κ3) is 35.9. The van der Waals surface area contributed by atoms with Crippen LogP contribution in [-0.2, 0) is 23.4 Å². The van der Waals surface area contributed by atoms with Gasteiger partial charge in [-0.1, -0.05) is 174 Å². The maximum absolute atomic E-state index is 12.2. The summed E-state index contributed by atoms with van der Waals surface area (Å²) in [6.45, 7) is 4.73. The van der Waals surface area contributed by atoms with Crippen LogP contribution in [-0.4, -0.2) is 41.7 Å². The second-order valence-corrected chi connectivity index (χ2v) is 13.8. The highest BCUT2D eigenvalue weighted by molar-refractivity contribution is 7.46. The Hall–Kier alpha value is -0.460. The third-order valence-electron chi connectivity index (χ3n) is 8.16. The molecule has 1 atom stereocenters. The first-order chi connectivity index (χ1) is 20.9. The summed E-state index contributed by atoms with van der Waals surface area (Å²) in [5.41, 5.74) is 0. The average molecular weight is 635 g/mol. The molecule has 0 bridgehead atoms. The highest BCUT2D eigenvalue weighted by Crippen LogP contribution is 2.35. The maximum Gasteiger partial charge on any atom is 0.469 e. The zero-order valence-corrected chi connectivity index (χ0v) is 29.3. The van der Waals surface area contributed by atoms with Crippen molar-refractivity contribution in [3.63, 3.8) is 0 Å². The molecule has 0 aliphatic carbocycles. The van der Waals surface area contributed by atoms with Gasteiger partial charge in [-0.3, -0.25) is 9.32 Å². The maximum atomic E-state index is 12.2. The predicted octanol–water partition coefficient (Wildman–Crippen LogP) is 11.0. The molecule has 7 nitrogen and oxygen atoms in total. The van der Waals surface area contributed by atoms with Gasteiger partial charge in [0, 0.05) is 13.0 Å². The number of hydrogen-bond donors (Lipinski definition) is 2. The number of hydrogen-bond acceptors (Lipinski definition) is 5. The second kappa shape index (κ2) is 32.9. The molecule has 0 spiro atoms. The van der Waals surface area contributed by atoms with Gasteiger partial charge in [0.1, 0.15) is 6.10 Å². The van der Waals surface area contributed by atoms with Crippen molar-refractivity contribution in [3.05, 3.63) is 0 Å². The van der Waals surface area contributed by atoms with Gasteiger partial charge in [-0.15, -0.1) is 0 Å². The van der Waals surface area contributed by atoms with Crippen molar-refractivity contribution in [2.75, 3.05) is 19.8 Å². The molecule has 0 amide bonds. The van der Waals surface area contributed by atoms with Crippen molar-refractivity contribution in [1.29, 1.82) is 0 Å². The largest absolute Gasteiger partial charge is 0.469 e. The number of carbonyl (C=O) groups is 1. The Labute approximate surface area is 266 Å². The molecule has 0 aromatic heterocycles. The third-order valence-corrected chi connectivity index (χ3v) is 8.64. The summed E-state index contributed by atoms with van der Waals surface area (Å²) in [4.78, 5) is 30.3. The van der Waals surface area contributed by atoms with Gasteiger partial charge in [-0.25, -0.2) is 4.57 Å². The average Bonchev–Trinajstić information content (AvgIpc) is 2.97. The SMILES string of the molecule is CCCCCCCCCCCCCCCCCCCCCCOC[C@H](COP(=O)(O)O)OC(=O)CCCCCCCCC. The minimum absolute atomic E-state index is 0.0852. The van der Waals surface area contributed by atoms with E-state index in [1.165, 1.54) is 141 Å². The lowest BCUT2D eigenvalue weighted by molar-refractivity contribution is -0.154. The summed E-state index contributed by atoms with van der Waals surface area (Å²) < 4.78 is 26.8. The molecule has 0 aliphatic rings. The van der Waals surface area contributed by atoms with Crippen LogP contribution in [0.25, 0.3) is 0 Å². The molecule has 0 heterocycles. The van der Waals surface area contributed by atoms with Gasteiger partial charge >= 0.3 is 13.8 Å². The number of phosphoric acid groups is 1. The first-order valence-corrected chi connectivity index (χ1v) is 19.9. The summed E-state index contributed by atoms with van der Waals surface area (Å²) in [5.74, 6) is -0.365. The molecule has 0 saturated heterocycles. The Morgan fingerprint density at radius 2 is 0.884 bits per heavy atom. The monoisotopic (exact) mass is 634 g/mol. The van der Waals surface area contributed by atoms with Crippen molar-refractivity contribution in [3.8, 4) is 0 Å². The zero-order valence-electron chi connectivity index (χ0n) is 28.4. The molecule has 0 aromatic rings. The molecule has 258 valence electrons. The van der Waals surface area contributed by atoms with Crippen molar-refractivity contribution >= 4 is 13.8 Å². The first kappa shape index (κ1) is 42.5. The van der Waals surface area contributed by atoms with Crippen LogP contribution in [0.5, 0.6) is 0 Å². The van der Waals surface area contributed by atoms with Crippen LogP contribution in [0.2, 0.25) is 0 Å². The summed E-state index contributed by atoms with van der Waals surface area (Å²) in [7, 11) is -4.63. The van der Waals surface area contributed by atoms with Gasteiger partial charge in [-0.2, -0.15) is 0 Å². The molecule has 0 unspecified atom stereocenters. The van der Waals surface area contributed by atoms with Gasteiger partial charge in [-0.05, 0) is 12.8 Å². The number of unbranched alkanes of at least 4 members (excludes halogenated alkanes) is 25. The Kier molecular flexibility index (Phi) is 32.6. The Morgan fingerprint density at radius 3 is 1.26 bits per heavy atom. The van der Waals surface area contributed by atoms with E-state index in [-0.39, 0.29) is 19.2 Å². The van der Waals surface area contributed by atoms with Gasteiger partial charge in [0.15, 0.2) is 0 Å². The highest BCUT2D eigenvalue weighted by Gasteiger charge is 2.21. The number of phosphoric ester groups is 1. The molecule has 0 fully saturated rings. The van der Waals surface area contributed by atoms with Crippen molar-refractivity contribution < 1.29 is 33.1 Å². The Bertz CT molecular complexity index is 625. The minimum atomic E-state index is -4.63. The standard InChI is InChI=1S/C35H71O7P/c1-3-5-7-9-11-12-13-14-15-16-17-18-19-20-21-22-23-25-27-29-31-40-32-34(33-41-43(37,38)39)42-35(36)30-28-26-24-10-8-6-4-2/h34H,3-33H2,1-2H3,(H2,37,38,39)/t34-/m1/s1. The summed E-state index contributed by atoms with van der Waals surface area (Å²) in [6, 6.07) is 0. The minimum Gasteiger partial charge on any atom is -0.457 e. The second-order valence-electron chi connectivity index (χ2n) is 12.6. The van der Waals surface area contributed by atoms with Gasteiger partial charge in [0.05, 0.1) is 13.2 Å². The molecule has 0 radical (unpaired) electrons. The predicted molar refractivity (Wildman–Crippen MR) is 179 cm³/mol. The quantitative estimate of drug-likeness (QED) is 0.0406. The van der Waals surface area contributed by atoms with Crippen molar-refractivity contribution in [1.82, 2.24) is 0 Å². The van der Waals surface area contributed by atoms with E-state index in [2.05, 4.69) is 18.4 Å². The van der Waals surface area contributed by atoms with E-state index < -0.39 is 13.9 Å². The Morgan fingerprint density at radius 1 is 0.535 bits per heavy atom. The summed E-state index contributed by atoms with van der Waals surface area (Å²) in [5, 5.41) is 0. The zero-order chi connectivity index (χ0) is 31.7. The molecule has 0 aromatic carbocycles. The van der Waals surface area contributed by atoms with Crippen LogP contribution in [0.1, 0.15) is 194 Å². The van der Waals surface area contributed by atoms with Crippen LogP contribution in [0.4, 0.5) is 0 Å². The van der Waals surface area contributed by atoms with E-state index in [1.807, 2.05) is 0 Å². The fourth-order valence-corrected chi connectivity index (χ4v) is 5.80. The van der Waals surface area contributed by atoms with Crippen molar-refractivity contribution in [2.24, 2.45) is 0 Å². The van der Waals surface area contributed by atoms with Crippen LogP contribution < -0.4 is 0 Å². The van der Waals surface area contributed by atoms with Gasteiger partial charge < -0.3 is 19.3 Å². The highest BCUT2D eigenvalue weighted by atomic mass is 31.2. The fraction of sp³-hybridized carbons (Fsp3) is 0.971. The van der Waals surface area contributed by atoms with E-state index in [4.69, 9.17) is 19.3 Å².